The third-order valence-corrected chi connectivity index (χ3v) is 4.01. The lowest BCUT2D eigenvalue weighted by Gasteiger charge is -2.28. The first kappa shape index (κ1) is 13.6. The molecule has 1 aliphatic rings. The Morgan fingerprint density at radius 2 is 1.80 bits per heavy atom. The molecule has 0 atom stereocenters. The van der Waals surface area contributed by atoms with Gasteiger partial charge in [-0.3, -0.25) is 0 Å². The average molecular weight is 305 g/mol. The first-order chi connectivity index (χ1) is 9.45. The third-order valence-electron chi connectivity index (χ3n) is 3.81. The summed E-state index contributed by atoms with van der Waals surface area (Å²) >= 11 is 5.83. The third kappa shape index (κ3) is 2.46. The second-order valence-electron chi connectivity index (χ2n) is 5.07. The summed E-state index contributed by atoms with van der Waals surface area (Å²) in [4.78, 5) is 0. The number of fused-ring (bicyclic) bond motifs is 1. The number of hydrogen-bond donors (Lipinski definition) is 0. The molecule has 0 aliphatic heterocycles. The van der Waals surface area contributed by atoms with Crippen molar-refractivity contribution in [3.05, 3.63) is 23.1 Å². The van der Waals surface area contributed by atoms with Crippen molar-refractivity contribution in [3.8, 4) is 0 Å². The van der Waals surface area contributed by atoms with Crippen LogP contribution >= 0.6 is 11.6 Å². The van der Waals surface area contributed by atoms with E-state index in [0.717, 1.165) is 0 Å². The van der Waals surface area contributed by atoms with Gasteiger partial charge in [0.05, 0.1) is 5.92 Å². The normalized spacial score (nSPS) is 24.2. The molecule has 0 saturated heterocycles. The molecule has 2 heterocycles. The van der Waals surface area contributed by atoms with Gasteiger partial charge in [0.2, 0.25) is 0 Å². The van der Waals surface area contributed by atoms with Gasteiger partial charge in [0.15, 0.2) is 11.5 Å². The number of aromatic nitrogens is 4. The molecular formula is C12H12ClF3N4. The summed E-state index contributed by atoms with van der Waals surface area (Å²) in [6.07, 6.45) is -2.95. The minimum Gasteiger partial charge on any atom is -0.196 e. The Morgan fingerprint density at radius 1 is 1.10 bits per heavy atom. The van der Waals surface area contributed by atoms with E-state index in [4.69, 9.17) is 11.6 Å². The first-order valence-corrected chi connectivity index (χ1v) is 6.77. The lowest BCUT2D eigenvalue weighted by atomic mass is 9.81. The van der Waals surface area contributed by atoms with Crippen LogP contribution in [0.15, 0.2) is 12.1 Å². The zero-order chi connectivity index (χ0) is 14.3. The molecule has 108 valence electrons. The zero-order valence-electron chi connectivity index (χ0n) is 10.4. The fourth-order valence-electron chi connectivity index (χ4n) is 2.72. The van der Waals surface area contributed by atoms with Crippen molar-refractivity contribution in [1.82, 2.24) is 19.8 Å². The zero-order valence-corrected chi connectivity index (χ0v) is 11.2. The largest absolute Gasteiger partial charge is 0.391 e. The molecule has 0 spiro atoms. The minimum atomic E-state index is -4.10. The number of rotatable bonds is 1. The molecule has 0 radical (unpaired) electrons. The van der Waals surface area contributed by atoms with E-state index in [1.165, 1.54) is 4.52 Å². The highest BCUT2D eigenvalue weighted by molar-refractivity contribution is 6.29. The molecule has 0 bridgehead atoms. The standard InChI is InChI=1S/C12H12ClF3N4/c13-9-5-6-10-17-18-11(20(10)19-9)7-1-3-8(4-2-7)12(14,15)16/h5-8H,1-4H2. The fourth-order valence-corrected chi connectivity index (χ4v) is 2.86. The Bertz CT molecular complexity index is 617. The summed E-state index contributed by atoms with van der Waals surface area (Å²) in [6.45, 7) is 0. The highest BCUT2D eigenvalue weighted by Crippen LogP contribution is 2.42. The predicted molar refractivity (Wildman–Crippen MR) is 66.5 cm³/mol. The number of nitrogens with zero attached hydrogens (tertiary/aromatic N) is 4. The van der Waals surface area contributed by atoms with Crippen molar-refractivity contribution >= 4 is 17.2 Å². The Hall–Kier alpha value is -1.37. The lowest BCUT2D eigenvalue weighted by Crippen LogP contribution is -2.27. The van der Waals surface area contributed by atoms with Crippen molar-refractivity contribution < 1.29 is 13.2 Å². The van der Waals surface area contributed by atoms with Crippen LogP contribution in [0.4, 0.5) is 13.2 Å². The average Bonchev–Trinajstić information content (AvgIpc) is 2.81. The van der Waals surface area contributed by atoms with Gasteiger partial charge in [-0.05, 0) is 37.8 Å². The van der Waals surface area contributed by atoms with Crippen LogP contribution < -0.4 is 0 Å². The van der Waals surface area contributed by atoms with E-state index in [-0.39, 0.29) is 18.8 Å². The van der Waals surface area contributed by atoms with E-state index >= 15 is 0 Å². The van der Waals surface area contributed by atoms with Gasteiger partial charge < -0.3 is 0 Å². The maximum absolute atomic E-state index is 12.7. The topological polar surface area (TPSA) is 43.1 Å². The Balaban J connectivity index is 1.82. The van der Waals surface area contributed by atoms with Crippen molar-refractivity contribution in [2.75, 3.05) is 0 Å². The minimum absolute atomic E-state index is 0.0467. The van der Waals surface area contributed by atoms with Crippen LogP contribution in [0.5, 0.6) is 0 Å². The second kappa shape index (κ2) is 4.87. The van der Waals surface area contributed by atoms with Crippen LogP contribution in [0.1, 0.15) is 37.4 Å². The molecule has 1 fully saturated rings. The Morgan fingerprint density at radius 3 is 2.45 bits per heavy atom. The molecule has 20 heavy (non-hydrogen) atoms. The SMILES string of the molecule is FC(F)(F)C1CCC(c2nnc3ccc(Cl)nn23)CC1. The molecular weight excluding hydrogens is 293 g/mol. The summed E-state index contributed by atoms with van der Waals surface area (Å²) in [7, 11) is 0. The molecule has 3 rings (SSSR count). The molecule has 0 amide bonds. The van der Waals surface area contributed by atoms with Gasteiger partial charge in [-0.15, -0.1) is 10.2 Å². The summed E-state index contributed by atoms with van der Waals surface area (Å²) in [5, 5.41) is 12.5. The van der Waals surface area contributed by atoms with Gasteiger partial charge in [0, 0.05) is 5.92 Å². The van der Waals surface area contributed by atoms with Gasteiger partial charge in [-0.1, -0.05) is 11.6 Å². The predicted octanol–water partition coefficient (Wildman–Crippen LogP) is 3.61. The summed E-state index contributed by atoms with van der Waals surface area (Å²) in [6, 6.07) is 3.29. The smallest absolute Gasteiger partial charge is 0.196 e. The number of halogens is 4. The maximum atomic E-state index is 12.7. The molecule has 1 aliphatic carbocycles. The summed E-state index contributed by atoms with van der Waals surface area (Å²) in [5.74, 6) is -0.646. The monoisotopic (exact) mass is 304 g/mol. The lowest BCUT2D eigenvalue weighted by molar-refractivity contribution is -0.182. The van der Waals surface area contributed by atoms with Crippen molar-refractivity contribution in [1.29, 1.82) is 0 Å². The van der Waals surface area contributed by atoms with Crippen LogP contribution in [0.25, 0.3) is 5.65 Å². The van der Waals surface area contributed by atoms with E-state index < -0.39 is 12.1 Å². The van der Waals surface area contributed by atoms with Crippen molar-refractivity contribution in [2.45, 2.75) is 37.8 Å². The number of hydrogen-bond acceptors (Lipinski definition) is 3. The van der Waals surface area contributed by atoms with Gasteiger partial charge >= 0.3 is 6.18 Å². The molecule has 1 saturated carbocycles. The van der Waals surface area contributed by atoms with Crippen LogP contribution in [0, 0.1) is 5.92 Å². The van der Waals surface area contributed by atoms with E-state index in [1.807, 2.05) is 0 Å². The van der Waals surface area contributed by atoms with Gasteiger partial charge in [0.1, 0.15) is 5.15 Å². The Kier molecular flexibility index (Phi) is 3.32. The van der Waals surface area contributed by atoms with Crippen LogP contribution in [-0.2, 0) is 0 Å². The molecule has 8 heteroatoms. The highest BCUT2D eigenvalue weighted by Gasteiger charge is 2.42. The van der Waals surface area contributed by atoms with Crippen molar-refractivity contribution in [2.24, 2.45) is 5.92 Å². The van der Waals surface area contributed by atoms with Gasteiger partial charge in [-0.2, -0.15) is 22.8 Å². The fraction of sp³-hybridized carbons (Fsp3) is 0.583. The molecule has 2 aromatic rings. The quantitative estimate of drug-likeness (QED) is 0.808. The highest BCUT2D eigenvalue weighted by atomic mass is 35.5. The van der Waals surface area contributed by atoms with Crippen LogP contribution in [0.2, 0.25) is 5.15 Å². The maximum Gasteiger partial charge on any atom is 0.391 e. The van der Waals surface area contributed by atoms with E-state index in [2.05, 4.69) is 15.3 Å². The van der Waals surface area contributed by atoms with E-state index in [1.54, 1.807) is 12.1 Å². The molecule has 0 unspecified atom stereocenters. The summed E-state index contributed by atoms with van der Waals surface area (Å²) in [5.41, 5.74) is 0.558. The first-order valence-electron chi connectivity index (χ1n) is 6.39. The second-order valence-corrected chi connectivity index (χ2v) is 5.46. The van der Waals surface area contributed by atoms with E-state index in [9.17, 15) is 13.2 Å². The van der Waals surface area contributed by atoms with Gasteiger partial charge in [0.25, 0.3) is 0 Å². The molecule has 0 aromatic carbocycles. The molecule has 2 aromatic heterocycles. The Labute approximate surface area is 117 Å². The van der Waals surface area contributed by atoms with E-state index in [0.29, 0.717) is 29.5 Å². The number of alkyl halides is 3. The van der Waals surface area contributed by atoms with Gasteiger partial charge in [-0.25, -0.2) is 0 Å². The van der Waals surface area contributed by atoms with Crippen LogP contribution in [0.3, 0.4) is 0 Å². The molecule has 0 N–H and O–H groups in total. The van der Waals surface area contributed by atoms with Crippen LogP contribution in [-0.4, -0.2) is 26.0 Å². The van der Waals surface area contributed by atoms with Crippen molar-refractivity contribution in [3.63, 3.8) is 0 Å². The summed E-state index contributed by atoms with van der Waals surface area (Å²) < 4.78 is 39.5. The molecule has 4 nitrogen and oxygen atoms in total.